The van der Waals surface area contributed by atoms with Crippen LogP contribution in [-0.2, 0) is 4.79 Å². The summed E-state index contributed by atoms with van der Waals surface area (Å²) in [6.07, 6.45) is 0. The molecule has 0 spiro atoms. The molecule has 3 heteroatoms. The predicted octanol–water partition coefficient (Wildman–Crippen LogP) is 4.34. The van der Waals surface area contributed by atoms with Gasteiger partial charge in [-0.2, -0.15) is 0 Å². The van der Waals surface area contributed by atoms with E-state index in [0.29, 0.717) is 11.5 Å². The highest BCUT2D eigenvalue weighted by molar-refractivity contribution is 5.74. The van der Waals surface area contributed by atoms with E-state index in [1.165, 1.54) is 0 Å². The Morgan fingerprint density at radius 2 is 1.22 bits per heavy atom. The van der Waals surface area contributed by atoms with Gasteiger partial charge in [0.25, 0.3) is 0 Å². The maximum absolute atomic E-state index is 11.7. The van der Waals surface area contributed by atoms with Crippen LogP contribution < -0.4 is 9.47 Å². The summed E-state index contributed by atoms with van der Waals surface area (Å²) in [5.74, 6) is 0.721. The third-order valence-electron chi connectivity index (χ3n) is 3.29. The highest BCUT2D eigenvalue weighted by Gasteiger charge is 2.06. The first kappa shape index (κ1) is 14.9. The molecule has 0 amide bonds. The molecule has 0 aliphatic carbocycles. The predicted molar refractivity (Wildman–Crippen MR) is 89.5 cm³/mol. The van der Waals surface area contributed by atoms with Crippen LogP contribution in [0.25, 0.3) is 11.1 Å². The molecule has 23 heavy (non-hydrogen) atoms. The number of esters is 1. The summed E-state index contributed by atoms with van der Waals surface area (Å²) in [4.78, 5) is 11.7. The summed E-state index contributed by atoms with van der Waals surface area (Å²) in [6, 6.07) is 26.6. The molecule has 0 unspecified atom stereocenters. The summed E-state index contributed by atoms with van der Waals surface area (Å²) in [5.41, 5.74) is 2.24. The highest BCUT2D eigenvalue weighted by atomic mass is 16.6. The molecule has 3 aromatic rings. The number of hydrogen-bond acceptors (Lipinski definition) is 3. The first-order valence-electron chi connectivity index (χ1n) is 7.35. The lowest BCUT2D eigenvalue weighted by atomic mass is 10.1. The van der Waals surface area contributed by atoms with Gasteiger partial charge in [-0.15, -0.1) is 0 Å². The van der Waals surface area contributed by atoms with Crippen LogP contribution in [0.2, 0.25) is 0 Å². The lowest BCUT2D eigenvalue weighted by Gasteiger charge is -2.07. The van der Waals surface area contributed by atoms with E-state index in [4.69, 9.17) is 9.47 Å². The van der Waals surface area contributed by atoms with Crippen molar-refractivity contribution in [3.05, 3.63) is 84.9 Å². The largest absolute Gasteiger partial charge is 0.482 e. The molecule has 114 valence electrons. The lowest BCUT2D eigenvalue weighted by Crippen LogP contribution is -2.17. The molecule has 0 bridgehead atoms. The second-order valence-corrected chi connectivity index (χ2v) is 4.97. The van der Waals surface area contributed by atoms with Crippen molar-refractivity contribution in [3.8, 4) is 22.6 Å². The van der Waals surface area contributed by atoms with Crippen molar-refractivity contribution in [2.24, 2.45) is 0 Å². The fraction of sp³-hybridized carbons (Fsp3) is 0.0500. The maximum Gasteiger partial charge on any atom is 0.349 e. The van der Waals surface area contributed by atoms with Crippen LogP contribution in [0.15, 0.2) is 84.9 Å². The van der Waals surface area contributed by atoms with Gasteiger partial charge in [0.05, 0.1) is 0 Å². The Labute approximate surface area is 135 Å². The molecule has 0 aromatic heterocycles. The quantitative estimate of drug-likeness (QED) is 0.519. The van der Waals surface area contributed by atoms with Crippen molar-refractivity contribution in [3.63, 3.8) is 0 Å². The standard InChI is InChI=1S/C20H16O3/c21-20(23-19-9-5-2-6-10-19)15-22-18-13-11-17(12-14-18)16-7-3-1-4-8-16/h1-14H,15H2. The molecule has 0 fully saturated rings. The van der Waals surface area contributed by atoms with E-state index < -0.39 is 5.97 Å². The zero-order chi connectivity index (χ0) is 15.9. The zero-order valence-electron chi connectivity index (χ0n) is 12.5. The number of carbonyl (C=O) groups is 1. The number of para-hydroxylation sites is 1. The average Bonchev–Trinajstić information content (AvgIpc) is 2.62. The SMILES string of the molecule is O=C(COc1ccc(-c2ccccc2)cc1)Oc1ccccc1. The number of benzene rings is 3. The lowest BCUT2D eigenvalue weighted by molar-refractivity contribution is -0.136. The number of hydrogen-bond donors (Lipinski definition) is 0. The molecule has 3 rings (SSSR count). The third kappa shape index (κ3) is 4.20. The molecule has 0 aliphatic heterocycles. The van der Waals surface area contributed by atoms with Gasteiger partial charge in [0.1, 0.15) is 11.5 Å². The third-order valence-corrected chi connectivity index (χ3v) is 3.29. The first-order chi connectivity index (χ1) is 11.3. The molecule has 0 aliphatic rings. The zero-order valence-corrected chi connectivity index (χ0v) is 12.5. The van der Waals surface area contributed by atoms with Crippen LogP contribution in [0.1, 0.15) is 0 Å². The Kier molecular flexibility index (Phi) is 4.69. The smallest absolute Gasteiger partial charge is 0.349 e. The Morgan fingerprint density at radius 1 is 0.652 bits per heavy atom. The molecule has 0 N–H and O–H groups in total. The molecule has 3 nitrogen and oxygen atoms in total. The van der Waals surface area contributed by atoms with Gasteiger partial charge in [-0.25, -0.2) is 4.79 Å². The van der Waals surface area contributed by atoms with Crippen molar-refractivity contribution < 1.29 is 14.3 Å². The minimum Gasteiger partial charge on any atom is -0.482 e. The minimum absolute atomic E-state index is 0.125. The summed E-state index contributed by atoms with van der Waals surface area (Å²) in [6.45, 7) is -0.125. The van der Waals surface area contributed by atoms with E-state index in [-0.39, 0.29) is 6.61 Å². The average molecular weight is 304 g/mol. The fourth-order valence-electron chi connectivity index (χ4n) is 2.17. The molecule has 0 saturated carbocycles. The Bertz CT molecular complexity index is 750. The van der Waals surface area contributed by atoms with Gasteiger partial charge >= 0.3 is 5.97 Å². The summed E-state index contributed by atoms with van der Waals surface area (Å²) < 4.78 is 10.6. The van der Waals surface area contributed by atoms with E-state index in [2.05, 4.69) is 0 Å². The summed E-state index contributed by atoms with van der Waals surface area (Å²) in [7, 11) is 0. The van der Waals surface area contributed by atoms with Gasteiger partial charge in [0.15, 0.2) is 6.61 Å². The molecule has 0 atom stereocenters. The van der Waals surface area contributed by atoms with Crippen LogP contribution in [0.4, 0.5) is 0 Å². The second-order valence-electron chi connectivity index (χ2n) is 4.97. The highest BCUT2D eigenvalue weighted by Crippen LogP contribution is 2.22. The van der Waals surface area contributed by atoms with Crippen molar-refractivity contribution in [2.75, 3.05) is 6.61 Å². The van der Waals surface area contributed by atoms with Gasteiger partial charge in [-0.1, -0.05) is 60.7 Å². The van der Waals surface area contributed by atoms with E-state index in [0.717, 1.165) is 11.1 Å². The molecular weight excluding hydrogens is 288 g/mol. The number of rotatable bonds is 5. The van der Waals surface area contributed by atoms with Crippen LogP contribution in [0.3, 0.4) is 0 Å². The van der Waals surface area contributed by atoms with Gasteiger partial charge in [0, 0.05) is 0 Å². The Morgan fingerprint density at radius 3 is 1.87 bits per heavy atom. The van der Waals surface area contributed by atoms with Gasteiger partial charge < -0.3 is 9.47 Å². The van der Waals surface area contributed by atoms with E-state index in [1.807, 2.05) is 72.8 Å². The second kappa shape index (κ2) is 7.27. The normalized spacial score (nSPS) is 10.1. The van der Waals surface area contributed by atoms with Crippen LogP contribution in [-0.4, -0.2) is 12.6 Å². The molecule has 0 radical (unpaired) electrons. The minimum atomic E-state index is -0.427. The fourth-order valence-corrected chi connectivity index (χ4v) is 2.17. The van der Waals surface area contributed by atoms with Gasteiger partial charge in [-0.3, -0.25) is 0 Å². The molecule has 0 saturated heterocycles. The van der Waals surface area contributed by atoms with Crippen molar-refractivity contribution in [2.45, 2.75) is 0 Å². The van der Waals surface area contributed by atoms with Crippen molar-refractivity contribution >= 4 is 5.97 Å². The van der Waals surface area contributed by atoms with Crippen LogP contribution in [0.5, 0.6) is 11.5 Å². The van der Waals surface area contributed by atoms with Gasteiger partial charge in [-0.05, 0) is 35.4 Å². The van der Waals surface area contributed by atoms with E-state index in [9.17, 15) is 4.79 Å². The number of carbonyl (C=O) groups excluding carboxylic acids is 1. The van der Waals surface area contributed by atoms with Gasteiger partial charge in [0.2, 0.25) is 0 Å². The molecular formula is C20H16O3. The van der Waals surface area contributed by atoms with E-state index in [1.54, 1.807) is 12.1 Å². The first-order valence-corrected chi connectivity index (χ1v) is 7.35. The number of ether oxygens (including phenoxy) is 2. The van der Waals surface area contributed by atoms with Crippen molar-refractivity contribution in [1.29, 1.82) is 0 Å². The van der Waals surface area contributed by atoms with Crippen LogP contribution in [0, 0.1) is 0 Å². The molecule has 3 aromatic carbocycles. The summed E-state index contributed by atoms with van der Waals surface area (Å²) >= 11 is 0. The maximum atomic E-state index is 11.7. The summed E-state index contributed by atoms with van der Waals surface area (Å²) in [5, 5.41) is 0. The molecule has 0 heterocycles. The van der Waals surface area contributed by atoms with E-state index >= 15 is 0 Å². The topological polar surface area (TPSA) is 35.5 Å². The Balaban J connectivity index is 1.55. The Hall–Kier alpha value is -3.07. The monoisotopic (exact) mass is 304 g/mol. The van der Waals surface area contributed by atoms with Crippen LogP contribution >= 0.6 is 0 Å². The van der Waals surface area contributed by atoms with Crippen molar-refractivity contribution in [1.82, 2.24) is 0 Å².